The molecule has 0 bridgehead atoms. The highest BCUT2D eigenvalue weighted by Crippen LogP contribution is 2.34. The predicted molar refractivity (Wildman–Crippen MR) is 64.6 cm³/mol. The Morgan fingerprint density at radius 3 is 2.55 bits per heavy atom. The molecule has 0 amide bonds. The van der Waals surface area contributed by atoms with Gasteiger partial charge in [0, 0.05) is 5.56 Å². The van der Waals surface area contributed by atoms with E-state index < -0.39 is 24.3 Å². The molecule has 106 valence electrons. The normalized spacial score (nSPS) is 11.6. The highest BCUT2D eigenvalue weighted by atomic mass is 19.4. The molecule has 2 aromatic rings. The first-order valence-electron chi connectivity index (χ1n) is 5.72. The van der Waals surface area contributed by atoms with Crippen LogP contribution in [0.2, 0.25) is 0 Å². The average Bonchev–Trinajstić information content (AvgIpc) is 2.72. The maximum absolute atomic E-state index is 13.2. The Hall–Kier alpha value is -2.31. The molecular formula is C13H11F3N2O2. The van der Waals surface area contributed by atoms with Gasteiger partial charge in [0.25, 0.3) is 0 Å². The molecule has 1 aromatic heterocycles. The van der Waals surface area contributed by atoms with Gasteiger partial charge in [-0.2, -0.15) is 18.3 Å². The molecule has 0 unspecified atom stereocenters. The molecular weight excluding hydrogens is 273 g/mol. The Bertz CT molecular complexity index is 647. The van der Waals surface area contributed by atoms with Crippen molar-refractivity contribution in [3.8, 4) is 5.69 Å². The largest absolute Gasteiger partial charge is 0.481 e. The zero-order valence-electron chi connectivity index (χ0n) is 10.5. The third-order valence-electron chi connectivity index (χ3n) is 2.80. The molecule has 20 heavy (non-hydrogen) atoms. The number of alkyl halides is 3. The zero-order valence-corrected chi connectivity index (χ0v) is 10.5. The van der Waals surface area contributed by atoms with Gasteiger partial charge in [-0.05, 0) is 18.6 Å². The average molecular weight is 284 g/mol. The Labute approximate surface area is 112 Å². The van der Waals surface area contributed by atoms with Crippen molar-refractivity contribution in [2.45, 2.75) is 19.5 Å². The highest BCUT2D eigenvalue weighted by molar-refractivity contribution is 5.70. The summed E-state index contributed by atoms with van der Waals surface area (Å²) >= 11 is 0. The lowest BCUT2D eigenvalue weighted by Gasteiger charge is -2.13. The molecule has 0 radical (unpaired) electrons. The number of carbonyl (C=O) groups is 1. The fourth-order valence-corrected chi connectivity index (χ4v) is 1.96. The summed E-state index contributed by atoms with van der Waals surface area (Å²) < 4.78 is 40.2. The first-order chi connectivity index (χ1) is 9.30. The van der Waals surface area contributed by atoms with Gasteiger partial charge in [0.1, 0.15) is 0 Å². The van der Waals surface area contributed by atoms with Gasteiger partial charge in [0.05, 0.1) is 18.3 Å². The van der Waals surface area contributed by atoms with Crippen molar-refractivity contribution in [3.63, 3.8) is 0 Å². The second kappa shape index (κ2) is 4.99. The van der Waals surface area contributed by atoms with Crippen LogP contribution in [0.3, 0.4) is 0 Å². The molecule has 0 aliphatic heterocycles. The Balaban J connectivity index is 2.63. The first kappa shape index (κ1) is 14.1. The fraction of sp³-hybridized carbons (Fsp3) is 0.231. The number of hydrogen-bond donors (Lipinski definition) is 1. The minimum Gasteiger partial charge on any atom is -0.481 e. The van der Waals surface area contributed by atoms with E-state index in [2.05, 4.69) is 5.10 Å². The van der Waals surface area contributed by atoms with E-state index in [9.17, 15) is 18.0 Å². The molecule has 2 rings (SSSR count). The molecule has 0 spiro atoms. The number of hydrogen-bond acceptors (Lipinski definition) is 2. The zero-order chi connectivity index (χ0) is 14.9. The maximum Gasteiger partial charge on any atom is 0.433 e. The van der Waals surface area contributed by atoms with Crippen LogP contribution < -0.4 is 0 Å². The number of aromatic nitrogens is 2. The van der Waals surface area contributed by atoms with Crippen LogP contribution in [0, 0.1) is 6.92 Å². The standard InChI is InChI=1S/C13H11F3N2O2/c1-8-4-2-3-5-10(8)18-12(13(14,15)16)9(7-17-18)6-11(19)20/h2-5,7H,6H2,1H3,(H,19,20). The van der Waals surface area contributed by atoms with Crippen LogP contribution in [-0.2, 0) is 17.4 Å². The summed E-state index contributed by atoms with van der Waals surface area (Å²) in [6, 6.07) is 6.46. The smallest absolute Gasteiger partial charge is 0.433 e. The lowest BCUT2D eigenvalue weighted by molar-refractivity contribution is -0.144. The lowest BCUT2D eigenvalue weighted by atomic mass is 10.1. The summed E-state index contributed by atoms with van der Waals surface area (Å²) in [7, 11) is 0. The molecule has 0 atom stereocenters. The summed E-state index contributed by atoms with van der Waals surface area (Å²) in [6.07, 6.45) is -4.45. The summed E-state index contributed by atoms with van der Waals surface area (Å²) in [5.41, 5.74) is -0.512. The summed E-state index contributed by atoms with van der Waals surface area (Å²) in [6.45, 7) is 1.66. The quantitative estimate of drug-likeness (QED) is 0.943. The maximum atomic E-state index is 13.2. The molecule has 0 saturated heterocycles. The van der Waals surface area contributed by atoms with E-state index in [1.807, 2.05) is 0 Å². The molecule has 0 aliphatic carbocycles. The van der Waals surface area contributed by atoms with Gasteiger partial charge in [0.2, 0.25) is 0 Å². The summed E-state index contributed by atoms with van der Waals surface area (Å²) in [5.74, 6) is -1.33. The minimum atomic E-state index is -4.68. The number of benzene rings is 1. The second-order valence-electron chi connectivity index (χ2n) is 4.28. The summed E-state index contributed by atoms with van der Waals surface area (Å²) in [4.78, 5) is 10.7. The molecule has 7 heteroatoms. The van der Waals surface area contributed by atoms with Crippen LogP contribution >= 0.6 is 0 Å². The van der Waals surface area contributed by atoms with Gasteiger partial charge >= 0.3 is 12.1 Å². The van der Waals surface area contributed by atoms with E-state index in [0.29, 0.717) is 5.56 Å². The van der Waals surface area contributed by atoms with Crippen molar-refractivity contribution < 1.29 is 23.1 Å². The van der Waals surface area contributed by atoms with Crippen LogP contribution in [-0.4, -0.2) is 20.9 Å². The van der Waals surface area contributed by atoms with Crippen LogP contribution in [0.4, 0.5) is 13.2 Å². The Kier molecular flexibility index (Phi) is 3.52. The van der Waals surface area contributed by atoms with Crippen molar-refractivity contribution in [2.24, 2.45) is 0 Å². The van der Waals surface area contributed by atoms with Gasteiger partial charge in [-0.15, -0.1) is 0 Å². The van der Waals surface area contributed by atoms with Crippen molar-refractivity contribution in [1.29, 1.82) is 0 Å². The number of carboxylic acids is 1. The fourth-order valence-electron chi connectivity index (χ4n) is 1.96. The molecule has 1 aromatic carbocycles. The second-order valence-corrected chi connectivity index (χ2v) is 4.28. The lowest BCUT2D eigenvalue weighted by Crippen LogP contribution is -2.17. The predicted octanol–water partition coefficient (Wildman–Crippen LogP) is 2.83. The molecule has 1 heterocycles. The van der Waals surface area contributed by atoms with Crippen LogP contribution in [0.15, 0.2) is 30.5 Å². The highest BCUT2D eigenvalue weighted by Gasteiger charge is 2.39. The first-order valence-corrected chi connectivity index (χ1v) is 5.72. The van der Waals surface area contributed by atoms with Crippen LogP contribution in [0.5, 0.6) is 0 Å². The molecule has 0 fully saturated rings. The van der Waals surface area contributed by atoms with Crippen molar-refractivity contribution in [1.82, 2.24) is 9.78 Å². The monoisotopic (exact) mass is 284 g/mol. The van der Waals surface area contributed by atoms with Gasteiger partial charge in [-0.1, -0.05) is 18.2 Å². The van der Waals surface area contributed by atoms with Gasteiger partial charge in [-0.25, -0.2) is 4.68 Å². The van der Waals surface area contributed by atoms with Gasteiger partial charge in [-0.3, -0.25) is 4.79 Å². The number of nitrogens with zero attached hydrogens (tertiary/aromatic N) is 2. The number of para-hydroxylation sites is 1. The van der Waals surface area contributed by atoms with Crippen molar-refractivity contribution in [2.75, 3.05) is 0 Å². The number of aryl methyl sites for hydroxylation is 1. The van der Waals surface area contributed by atoms with E-state index in [1.54, 1.807) is 25.1 Å². The summed E-state index contributed by atoms with van der Waals surface area (Å²) in [5, 5.41) is 12.4. The Morgan fingerprint density at radius 2 is 2.00 bits per heavy atom. The van der Waals surface area contributed by atoms with E-state index >= 15 is 0 Å². The van der Waals surface area contributed by atoms with E-state index in [4.69, 9.17) is 5.11 Å². The van der Waals surface area contributed by atoms with Crippen molar-refractivity contribution in [3.05, 3.63) is 47.3 Å². The number of halogens is 3. The minimum absolute atomic E-state index is 0.275. The topological polar surface area (TPSA) is 55.1 Å². The van der Waals surface area contributed by atoms with Crippen molar-refractivity contribution >= 4 is 5.97 Å². The van der Waals surface area contributed by atoms with E-state index in [1.165, 1.54) is 6.07 Å². The number of rotatable bonds is 3. The molecule has 0 saturated carbocycles. The van der Waals surface area contributed by atoms with Gasteiger partial charge < -0.3 is 5.11 Å². The number of carboxylic acid groups (broad SMARTS) is 1. The third-order valence-corrected chi connectivity index (χ3v) is 2.80. The van der Waals surface area contributed by atoms with Crippen LogP contribution in [0.25, 0.3) is 5.69 Å². The van der Waals surface area contributed by atoms with E-state index in [-0.39, 0.29) is 11.3 Å². The van der Waals surface area contributed by atoms with Gasteiger partial charge in [0.15, 0.2) is 5.69 Å². The molecule has 4 nitrogen and oxygen atoms in total. The number of aliphatic carboxylic acids is 1. The van der Waals surface area contributed by atoms with Crippen LogP contribution in [0.1, 0.15) is 16.8 Å². The molecule has 0 aliphatic rings. The molecule has 1 N–H and O–H groups in total. The van der Waals surface area contributed by atoms with E-state index in [0.717, 1.165) is 10.9 Å². The Morgan fingerprint density at radius 1 is 1.35 bits per heavy atom. The SMILES string of the molecule is Cc1ccccc1-n1ncc(CC(=O)O)c1C(F)(F)F. The third kappa shape index (κ3) is 2.66.